The van der Waals surface area contributed by atoms with Crippen molar-refractivity contribution in [3.05, 3.63) is 67.9 Å². The lowest BCUT2D eigenvalue weighted by Crippen LogP contribution is -2.22. The third-order valence-electron chi connectivity index (χ3n) is 5.03. The highest BCUT2D eigenvalue weighted by molar-refractivity contribution is 6.31. The number of carbonyl (C=O) groups excluding carboxylic acids is 1. The first kappa shape index (κ1) is 20.8. The van der Waals surface area contributed by atoms with Crippen molar-refractivity contribution < 1.29 is 14.6 Å². The van der Waals surface area contributed by atoms with Gasteiger partial charge in [0.05, 0.1) is 24.9 Å². The molecule has 1 aromatic carbocycles. The fourth-order valence-corrected chi connectivity index (χ4v) is 3.46. The van der Waals surface area contributed by atoms with Crippen molar-refractivity contribution in [3.8, 4) is 11.6 Å². The van der Waals surface area contributed by atoms with E-state index in [9.17, 15) is 14.7 Å². The number of nitrogens with one attached hydrogen (secondary N) is 3. The molecule has 1 amide bonds. The van der Waals surface area contributed by atoms with Crippen molar-refractivity contribution in [1.29, 1.82) is 0 Å². The number of carbonyl (C=O) groups is 1. The number of methoxy groups -OCH3 is 1. The number of amides is 1. The normalized spacial score (nSPS) is 14.7. The average molecular weight is 468 g/mol. The monoisotopic (exact) mass is 467 g/mol. The number of hydrogen-bond acceptors (Lipinski definition) is 7. The standard InChI is InChI=1S/C21H18ClN7O4/c1-33-15-7-11(22)2-5-13(15)19(30)27-16-8-17(24-12-3-4-12)29-18(26-16)10(9-23-29)6-14-20(31)28-21(32)25-14/h2,5-9,12,31H,3-4H2,1H3,(H,27,30)(H2,25,28,32)/b10-6+,24-17?. The summed E-state index contributed by atoms with van der Waals surface area (Å²) in [5.74, 6) is -0.156. The van der Waals surface area contributed by atoms with Gasteiger partial charge in [-0.3, -0.25) is 14.8 Å². The fraction of sp³-hybridized carbons (Fsp3) is 0.190. The quantitative estimate of drug-likeness (QED) is 0.343. The average Bonchev–Trinajstić information content (AvgIpc) is 3.42. The maximum atomic E-state index is 12.9. The van der Waals surface area contributed by atoms with Crippen LogP contribution >= 0.6 is 11.6 Å². The summed E-state index contributed by atoms with van der Waals surface area (Å²) in [4.78, 5) is 38.3. The molecule has 33 heavy (non-hydrogen) atoms. The molecule has 168 valence electrons. The smallest absolute Gasteiger partial charge is 0.326 e. The number of anilines is 1. The topological polar surface area (TPSA) is 150 Å². The van der Waals surface area contributed by atoms with E-state index in [1.807, 2.05) is 0 Å². The Labute approximate surface area is 190 Å². The molecule has 0 aliphatic heterocycles. The van der Waals surface area contributed by atoms with E-state index in [1.54, 1.807) is 28.8 Å². The van der Waals surface area contributed by atoms with Crippen LogP contribution in [0.1, 0.15) is 28.9 Å². The molecule has 0 unspecified atom stereocenters. The van der Waals surface area contributed by atoms with Gasteiger partial charge in [0.25, 0.3) is 5.91 Å². The van der Waals surface area contributed by atoms with Crippen LogP contribution < -0.4 is 26.4 Å². The van der Waals surface area contributed by atoms with Gasteiger partial charge in [-0.05, 0) is 37.1 Å². The number of aromatic nitrogens is 5. The van der Waals surface area contributed by atoms with Crippen LogP contribution in [0.15, 0.2) is 40.2 Å². The molecule has 0 saturated heterocycles. The van der Waals surface area contributed by atoms with Crippen LogP contribution in [0.25, 0.3) is 11.7 Å². The molecule has 0 radical (unpaired) electrons. The van der Waals surface area contributed by atoms with E-state index in [0.29, 0.717) is 32.7 Å². The van der Waals surface area contributed by atoms with Crippen LogP contribution in [0.2, 0.25) is 5.02 Å². The van der Waals surface area contributed by atoms with Crippen molar-refractivity contribution in [3.63, 3.8) is 0 Å². The van der Waals surface area contributed by atoms with Crippen molar-refractivity contribution in [2.75, 3.05) is 12.4 Å². The summed E-state index contributed by atoms with van der Waals surface area (Å²) < 4.78 is 6.81. The molecular formula is C21H18ClN7O4. The predicted molar refractivity (Wildman–Crippen MR) is 119 cm³/mol. The number of benzene rings is 1. The highest BCUT2D eigenvalue weighted by Crippen LogP contribution is 2.24. The third-order valence-corrected chi connectivity index (χ3v) is 5.26. The number of aromatic hydroxyl groups is 1. The van der Waals surface area contributed by atoms with Crippen LogP contribution in [0.3, 0.4) is 0 Å². The molecule has 4 N–H and O–H groups in total. The molecule has 4 aromatic rings. The number of H-pyrrole nitrogens is 2. The molecular weight excluding hydrogens is 450 g/mol. The molecule has 0 spiro atoms. The predicted octanol–water partition coefficient (Wildman–Crippen LogP) is 0.976. The second-order valence-electron chi connectivity index (χ2n) is 7.48. The maximum Gasteiger partial charge on any atom is 0.326 e. The van der Waals surface area contributed by atoms with Crippen molar-refractivity contribution in [1.82, 2.24) is 24.6 Å². The fourth-order valence-electron chi connectivity index (χ4n) is 3.30. The Hall–Kier alpha value is -4.12. The Kier molecular flexibility index (Phi) is 5.09. The Morgan fingerprint density at radius 3 is 2.88 bits per heavy atom. The number of hydrogen-bond donors (Lipinski definition) is 4. The van der Waals surface area contributed by atoms with Gasteiger partial charge >= 0.3 is 5.69 Å². The van der Waals surface area contributed by atoms with E-state index in [0.717, 1.165) is 12.8 Å². The van der Waals surface area contributed by atoms with Gasteiger partial charge < -0.3 is 20.1 Å². The Balaban J connectivity index is 1.62. The lowest BCUT2D eigenvalue weighted by atomic mass is 10.2. The zero-order valence-corrected chi connectivity index (χ0v) is 18.1. The van der Waals surface area contributed by atoms with Crippen LogP contribution in [0, 0.1) is 0 Å². The molecule has 5 rings (SSSR count). The second-order valence-corrected chi connectivity index (χ2v) is 7.92. The van der Waals surface area contributed by atoms with Gasteiger partial charge in [0.1, 0.15) is 17.3 Å². The third kappa shape index (κ3) is 4.17. The summed E-state index contributed by atoms with van der Waals surface area (Å²) in [5, 5.41) is 18.0. The molecule has 0 atom stereocenters. The molecule has 11 nitrogen and oxygen atoms in total. The minimum absolute atomic E-state index is 0.178. The number of aromatic amines is 2. The van der Waals surface area contributed by atoms with E-state index in [4.69, 9.17) is 16.3 Å². The van der Waals surface area contributed by atoms with E-state index in [-0.39, 0.29) is 23.4 Å². The van der Waals surface area contributed by atoms with Gasteiger partial charge in [-0.25, -0.2) is 9.78 Å². The minimum atomic E-state index is -0.544. The number of rotatable bonds is 5. The first-order valence-corrected chi connectivity index (χ1v) is 10.4. The number of halogens is 1. The molecule has 1 saturated carbocycles. The maximum absolute atomic E-state index is 12.9. The largest absolute Gasteiger partial charge is 0.496 e. The van der Waals surface area contributed by atoms with Crippen LogP contribution in [-0.2, 0) is 0 Å². The summed E-state index contributed by atoms with van der Waals surface area (Å²) in [5.41, 5.74) is 0.832. The highest BCUT2D eigenvalue weighted by Gasteiger charge is 2.21. The second kappa shape index (κ2) is 8.10. The Bertz CT molecular complexity index is 1570. The van der Waals surface area contributed by atoms with Gasteiger partial charge in [0.15, 0.2) is 11.1 Å². The first-order chi connectivity index (χ1) is 15.9. The molecule has 3 aromatic heterocycles. The van der Waals surface area contributed by atoms with E-state index >= 15 is 0 Å². The summed E-state index contributed by atoms with van der Waals surface area (Å²) >= 11 is 5.99. The molecule has 3 heterocycles. The molecule has 1 fully saturated rings. The van der Waals surface area contributed by atoms with Gasteiger partial charge in [0.2, 0.25) is 5.88 Å². The Morgan fingerprint density at radius 1 is 1.36 bits per heavy atom. The van der Waals surface area contributed by atoms with Crippen molar-refractivity contribution in [2.24, 2.45) is 4.99 Å². The molecule has 0 bridgehead atoms. The van der Waals surface area contributed by atoms with Gasteiger partial charge in [-0.2, -0.15) is 9.61 Å². The zero-order chi connectivity index (χ0) is 23.1. The minimum Gasteiger partial charge on any atom is -0.496 e. The number of ether oxygens (including phenoxy) is 1. The zero-order valence-electron chi connectivity index (χ0n) is 17.3. The van der Waals surface area contributed by atoms with Crippen LogP contribution in [-0.4, -0.2) is 48.7 Å². The van der Waals surface area contributed by atoms with Gasteiger partial charge in [0, 0.05) is 16.3 Å². The summed E-state index contributed by atoms with van der Waals surface area (Å²) in [7, 11) is 1.45. The first-order valence-electron chi connectivity index (χ1n) is 10.0. The highest BCUT2D eigenvalue weighted by atomic mass is 35.5. The summed E-state index contributed by atoms with van der Waals surface area (Å²) in [6, 6.07) is 6.54. The number of nitrogens with zero attached hydrogens (tertiary/aromatic N) is 4. The summed E-state index contributed by atoms with van der Waals surface area (Å²) in [6.07, 6.45) is 5.02. The van der Waals surface area contributed by atoms with Crippen molar-refractivity contribution >= 4 is 35.0 Å². The van der Waals surface area contributed by atoms with Gasteiger partial charge in [-0.15, -0.1) is 0 Å². The summed E-state index contributed by atoms with van der Waals surface area (Å²) in [6.45, 7) is 0. The molecule has 1 aliphatic carbocycles. The van der Waals surface area contributed by atoms with Gasteiger partial charge in [-0.1, -0.05) is 11.6 Å². The van der Waals surface area contributed by atoms with Crippen LogP contribution in [0.5, 0.6) is 11.6 Å². The van der Waals surface area contributed by atoms with E-state index in [2.05, 4.69) is 30.4 Å². The molecule has 1 aliphatic rings. The number of fused-ring (bicyclic) bond motifs is 1. The van der Waals surface area contributed by atoms with E-state index < -0.39 is 11.6 Å². The lowest BCUT2D eigenvalue weighted by Gasteiger charge is -2.09. The van der Waals surface area contributed by atoms with Crippen LogP contribution in [0.4, 0.5) is 5.82 Å². The lowest BCUT2D eigenvalue weighted by molar-refractivity contribution is 0.102. The van der Waals surface area contributed by atoms with Crippen molar-refractivity contribution in [2.45, 2.75) is 18.9 Å². The molecule has 12 heteroatoms. The van der Waals surface area contributed by atoms with E-state index in [1.165, 1.54) is 19.4 Å². The SMILES string of the molecule is COc1cc(Cl)ccc1C(=O)Nc1cc(=NC2CC2)n2nc/c(=C\c3[nH]c(=O)[nH]c3O)c2n1. The number of imidazole rings is 1. The Morgan fingerprint density at radius 2 is 2.18 bits per heavy atom.